The average Bonchev–Trinajstić information content (AvgIpc) is 2.60. The van der Waals surface area contributed by atoms with Gasteiger partial charge in [-0.25, -0.2) is 0 Å². The molecule has 0 heterocycles. The summed E-state index contributed by atoms with van der Waals surface area (Å²) in [5.41, 5.74) is 4.83. The monoisotopic (exact) mass is 325 g/mol. The number of hydrogen-bond acceptors (Lipinski definition) is 3. The van der Waals surface area contributed by atoms with Crippen LogP contribution in [-0.2, 0) is 6.61 Å². The van der Waals surface area contributed by atoms with Gasteiger partial charge in [-0.1, -0.05) is 36.4 Å². The van der Waals surface area contributed by atoms with E-state index in [-0.39, 0.29) is 0 Å². The normalized spacial score (nSPS) is 10.3. The molecule has 118 valence electrons. The predicted molar refractivity (Wildman–Crippen MR) is 98.7 cm³/mol. The van der Waals surface area contributed by atoms with Crippen molar-refractivity contribution in [2.24, 2.45) is 5.10 Å². The number of ether oxygens (including phenoxy) is 1. The number of hydrazone groups is 1. The smallest absolute Gasteiger partial charge is 0.187 e. The van der Waals surface area contributed by atoms with Crippen LogP contribution in [0.1, 0.15) is 11.1 Å². The maximum atomic E-state index is 5.73. The molecule has 0 aliphatic carbocycles. The van der Waals surface area contributed by atoms with Crippen molar-refractivity contribution in [1.82, 2.24) is 10.7 Å². The largest absolute Gasteiger partial charge is 0.489 e. The van der Waals surface area contributed by atoms with Crippen molar-refractivity contribution in [2.75, 3.05) is 6.54 Å². The lowest BCUT2D eigenvalue weighted by Gasteiger charge is -2.06. The highest BCUT2D eigenvalue weighted by Gasteiger charge is 1.96. The van der Waals surface area contributed by atoms with Gasteiger partial charge in [0.2, 0.25) is 0 Å². The molecule has 23 heavy (non-hydrogen) atoms. The van der Waals surface area contributed by atoms with Crippen LogP contribution in [0.15, 0.2) is 72.4 Å². The van der Waals surface area contributed by atoms with Gasteiger partial charge in [0, 0.05) is 6.54 Å². The molecule has 0 radical (unpaired) electrons. The summed E-state index contributed by atoms with van der Waals surface area (Å²) < 4.78 is 5.73. The predicted octanol–water partition coefficient (Wildman–Crippen LogP) is 3.25. The summed E-state index contributed by atoms with van der Waals surface area (Å²) in [7, 11) is 0. The summed E-state index contributed by atoms with van der Waals surface area (Å²) in [4.78, 5) is 0. The van der Waals surface area contributed by atoms with Crippen molar-refractivity contribution in [3.8, 4) is 5.75 Å². The highest BCUT2D eigenvalue weighted by Crippen LogP contribution is 2.13. The van der Waals surface area contributed by atoms with Gasteiger partial charge in [0.25, 0.3) is 0 Å². The van der Waals surface area contributed by atoms with Crippen LogP contribution >= 0.6 is 12.2 Å². The molecule has 0 amide bonds. The molecule has 4 nitrogen and oxygen atoms in total. The Morgan fingerprint density at radius 2 is 1.87 bits per heavy atom. The number of thiocarbonyl (C=S) groups is 1. The molecule has 2 N–H and O–H groups in total. The summed E-state index contributed by atoms with van der Waals surface area (Å²) >= 11 is 5.03. The topological polar surface area (TPSA) is 45.7 Å². The van der Waals surface area contributed by atoms with E-state index in [0.717, 1.165) is 16.9 Å². The molecule has 0 fully saturated rings. The van der Waals surface area contributed by atoms with E-state index in [1.165, 1.54) is 0 Å². The molecule has 0 atom stereocenters. The molecule has 0 aliphatic rings. The number of benzene rings is 2. The van der Waals surface area contributed by atoms with Gasteiger partial charge >= 0.3 is 0 Å². The van der Waals surface area contributed by atoms with Crippen molar-refractivity contribution in [1.29, 1.82) is 0 Å². The van der Waals surface area contributed by atoms with Crippen molar-refractivity contribution >= 4 is 23.5 Å². The molecule has 0 saturated carbocycles. The Morgan fingerprint density at radius 3 is 2.57 bits per heavy atom. The van der Waals surface area contributed by atoms with Gasteiger partial charge in [0.1, 0.15) is 12.4 Å². The number of nitrogens with zero attached hydrogens (tertiary/aromatic N) is 1. The Bertz CT molecular complexity index is 654. The summed E-state index contributed by atoms with van der Waals surface area (Å²) in [5, 5.41) is 7.45. The van der Waals surface area contributed by atoms with E-state index < -0.39 is 0 Å². The van der Waals surface area contributed by atoms with Gasteiger partial charge in [0.15, 0.2) is 5.11 Å². The van der Waals surface area contributed by atoms with E-state index in [0.29, 0.717) is 18.3 Å². The Balaban J connectivity index is 1.80. The van der Waals surface area contributed by atoms with Crippen LogP contribution in [0.25, 0.3) is 0 Å². The van der Waals surface area contributed by atoms with Crippen LogP contribution in [0.3, 0.4) is 0 Å². The van der Waals surface area contributed by atoms with E-state index in [2.05, 4.69) is 22.4 Å². The number of hydrogen-bond donors (Lipinski definition) is 2. The van der Waals surface area contributed by atoms with Crippen LogP contribution in [0.2, 0.25) is 0 Å². The highest BCUT2D eigenvalue weighted by molar-refractivity contribution is 7.80. The SMILES string of the molecule is C=CCNC(=S)N/N=C\c1ccc(OCc2ccccc2)cc1. The van der Waals surface area contributed by atoms with Gasteiger partial charge in [-0.15, -0.1) is 6.58 Å². The molecule has 2 aromatic carbocycles. The third-order valence-corrected chi connectivity index (χ3v) is 3.15. The number of nitrogens with one attached hydrogen (secondary N) is 2. The zero-order chi connectivity index (χ0) is 16.3. The van der Waals surface area contributed by atoms with Gasteiger partial charge in [0.05, 0.1) is 6.21 Å². The molecule has 0 aromatic heterocycles. The molecule has 0 spiro atoms. The van der Waals surface area contributed by atoms with E-state index in [1.54, 1.807) is 12.3 Å². The second-order valence-corrected chi connectivity index (χ2v) is 5.12. The first-order chi connectivity index (χ1) is 11.3. The second kappa shape index (κ2) is 9.38. The van der Waals surface area contributed by atoms with Gasteiger partial charge in [-0.3, -0.25) is 5.43 Å². The molecule has 0 bridgehead atoms. The number of rotatable bonds is 7. The quantitative estimate of drug-likeness (QED) is 0.355. The van der Waals surface area contributed by atoms with Crippen molar-refractivity contribution in [3.05, 3.63) is 78.4 Å². The van der Waals surface area contributed by atoms with E-state index in [4.69, 9.17) is 17.0 Å². The second-order valence-electron chi connectivity index (χ2n) is 4.71. The van der Waals surface area contributed by atoms with Crippen molar-refractivity contribution in [3.63, 3.8) is 0 Å². The summed E-state index contributed by atoms with van der Waals surface area (Å²) in [6, 6.07) is 17.8. The molecule has 2 aromatic rings. The third-order valence-electron chi connectivity index (χ3n) is 2.92. The minimum absolute atomic E-state index is 0.462. The van der Waals surface area contributed by atoms with Gasteiger partial charge in [-0.05, 0) is 47.6 Å². The molecule has 5 heteroatoms. The van der Waals surface area contributed by atoms with Crippen molar-refractivity contribution < 1.29 is 4.74 Å². The maximum Gasteiger partial charge on any atom is 0.187 e. The van der Waals surface area contributed by atoms with Crippen LogP contribution in [0, 0.1) is 0 Å². The van der Waals surface area contributed by atoms with Crippen LogP contribution in [-0.4, -0.2) is 17.9 Å². The summed E-state index contributed by atoms with van der Waals surface area (Å²) in [6.07, 6.45) is 3.43. The molecule has 0 saturated heterocycles. The summed E-state index contributed by atoms with van der Waals surface area (Å²) in [6.45, 7) is 4.76. The molecular formula is C18H19N3OS. The van der Waals surface area contributed by atoms with Crippen molar-refractivity contribution in [2.45, 2.75) is 6.61 Å². The zero-order valence-corrected chi connectivity index (χ0v) is 13.6. The minimum atomic E-state index is 0.462. The average molecular weight is 325 g/mol. The van der Waals surface area contributed by atoms with E-state index >= 15 is 0 Å². The Hall–Kier alpha value is -2.66. The van der Waals surface area contributed by atoms with E-state index in [9.17, 15) is 0 Å². The standard InChI is InChI=1S/C18H19N3OS/c1-2-12-19-18(23)21-20-13-15-8-10-17(11-9-15)22-14-16-6-4-3-5-7-16/h2-11,13H,1,12,14H2,(H2,19,21,23)/b20-13-. The van der Waals surface area contributed by atoms with Crippen LogP contribution in [0.4, 0.5) is 0 Å². The lowest BCUT2D eigenvalue weighted by Crippen LogP contribution is -2.31. The Labute approximate surface area is 141 Å². The zero-order valence-electron chi connectivity index (χ0n) is 12.7. The first kappa shape index (κ1) is 16.7. The highest BCUT2D eigenvalue weighted by atomic mass is 32.1. The first-order valence-electron chi connectivity index (χ1n) is 7.22. The van der Waals surface area contributed by atoms with E-state index in [1.807, 2.05) is 54.6 Å². The fraction of sp³-hybridized carbons (Fsp3) is 0.111. The minimum Gasteiger partial charge on any atom is -0.489 e. The molecular weight excluding hydrogens is 306 g/mol. The van der Waals surface area contributed by atoms with Crippen LogP contribution in [0.5, 0.6) is 5.75 Å². The first-order valence-corrected chi connectivity index (χ1v) is 7.63. The molecule has 0 unspecified atom stereocenters. The summed E-state index contributed by atoms with van der Waals surface area (Å²) in [5.74, 6) is 0.821. The van der Waals surface area contributed by atoms with Crippen LogP contribution < -0.4 is 15.5 Å². The molecule has 2 rings (SSSR count). The fourth-order valence-electron chi connectivity index (χ4n) is 1.76. The third kappa shape index (κ3) is 6.32. The van der Waals surface area contributed by atoms with Gasteiger partial charge in [-0.2, -0.15) is 5.10 Å². The lowest BCUT2D eigenvalue weighted by molar-refractivity contribution is 0.306. The van der Waals surface area contributed by atoms with Gasteiger partial charge < -0.3 is 10.1 Å². The maximum absolute atomic E-state index is 5.73. The lowest BCUT2D eigenvalue weighted by atomic mass is 10.2. The Kier molecular flexibility index (Phi) is 6.81. The Morgan fingerprint density at radius 1 is 1.13 bits per heavy atom. The molecule has 0 aliphatic heterocycles. The fourth-order valence-corrected chi connectivity index (χ4v) is 1.90.